The number of thiophene rings is 1. The zero-order chi connectivity index (χ0) is 16.2. The Labute approximate surface area is 140 Å². The lowest BCUT2D eigenvalue weighted by Crippen LogP contribution is -2.49. The number of aromatic nitrogens is 3. The molecule has 2 aromatic heterocycles. The minimum atomic E-state index is -0.205. The molecule has 3 rings (SSSR count). The van der Waals surface area contributed by atoms with Gasteiger partial charge in [0.1, 0.15) is 11.6 Å². The number of carbonyl (C=O) groups is 1. The Morgan fingerprint density at radius 3 is 3.13 bits per heavy atom. The van der Waals surface area contributed by atoms with E-state index < -0.39 is 0 Å². The highest BCUT2D eigenvalue weighted by Gasteiger charge is 2.25. The molecule has 0 aromatic carbocycles. The average molecular weight is 333 g/mol. The highest BCUT2D eigenvalue weighted by atomic mass is 32.1. The zero-order valence-corrected chi connectivity index (χ0v) is 14.4. The molecule has 3 heterocycles. The fraction of sp³-hybridized carbons (Fsp3) is 0.562. The fourth-order valence-corrected chi connectivity index (χ4v) is 3.59. The summed E-state index contributed by atoms with van der Waals surface area (Å²) < 4.78 is 2.19. The summed E-state index contributed by atoms with van der Waals surface area (Å²) in [5, 5.41) is 16.9. The second kappa shape index (κ2) is 7.23. The fourth-order valence-electron chi connectivity index (χ4n) is 2.95. The smallest absolute Gasteiger partial charge is 0.237 e. The number of carbonyl (C=O) groups excluding carboxylic acids is 1. The minimum Gasteiger partial charge on any atom is -0.350 e. The van der Waals surface area contributed by atoms with Gasteiger partial charge in [-0.1, -0.05) is 13.0 Å². The molecule has 0 aliphatic carbocycles. The Morgan fingerprint density at radius 2 is 2.39 bits per heavy atom. The van der Waals surface area contributed by atoms with Crippen LogP contribution in [0.2, 0.25) is 0 Å². The largest absolute Gasteiger partial charge is 0.350 e. The molecule has 0 fully saturated rings. The molecule has 0 radical (unpaired) electrons. The van der Waals surface area contributed by atoms with Crippen LogP contribution in [0.3, 0.4) is 0 Å². The van der Waals surface area contributed by atoms with E-state index in [1.807, 2.05) is 24.4 Å². The summed E-state index contributed by atoms with van der Waals surface area (Å²) in [6, 6.07) is 4.11. The van der Waals surface area contributed by atoms with Crippen molar-refractivity contribution in [3.8, 4) is 0 Å². The topological polar surface area (TPSA) is 71.8 Å². The lowest BCUT2D eigenvalue weighted by Gasteiger charge is -2.27. The number of nitrogens with one attached hydrogen (secondary N) is 2. The Kier molecular flexibility index (Phi) is 5.07. The highest BCUT2D eigenvalue weighted by Crippen LogP contribution is 2.16. The predicted octanol–water partition coefficient (Wildman–Crippen LogP) is 1.51. The molecular weight excluding hydrogens is 310 g/mol. The molecule has 23 heavy (non-hydrogen) atoms. The molecule has 1 aliphatic heterocycles. The third-order valence-corrected chi connectivity index (χ3v) is 5.11. The van der Waals surface area contributed by atoms with Gasteiger partial charge in [-0.05, 0) is 24.8 Å². The summed E-state index contributed by atoms with van der Waals surface area (Å²) in [6.45, 7) is 5.46. The number of hydrogen-bond acceptors (Lipinski definition) is 5. The van der Waals surface area contributed by atoms with Gasteiger partial charge in [-0.25, -0.2) is 0 Å². The third kappa shape index (κ3) is 3.79. The summed E-state index contributed by atoms with van der Waals surface area (Å²) in [7, 11) is 0. The molecule has 1 aliphatic rings. The summed E-state index contributed by atoms with van der Waals surface area (Å²) in [5.74, 6) is 2.14. The number of amides is 1. The molecule has 6 nitrogen and oxygen atoms in total. The van der Waals surface area contributed by atoms with Crippen molar-refractivity contribution in [2.24, 2.45) is 0 Å². The lowest BCUT2D eigenvalue weighted by molar-refractivity contribution is -0.123. The second-order valence-corrected chi connectivity index (χ2v) is 6.95. The second-order valence-electron chi connectivity index (χ2n) is 5.92. The maximum Gasteiger partial charge on any atom is 0.237 e. The molecule has 0 spiro atoms. The van der Waals surface area contributed by atoms with Crippen LogP contribution >= 0.6 is 11.3 Å². The summed E-state index contributed by atoms with van der Waals surface area (Å²) in [6.07, 6.45) is 2.79. The van der Waals surface area contributed by atoms with Crippen molar-refractivity contribution in [1.29, 1.82) is 0 Å². The van der Waals surface area contributed by atoms with Crippen LogP contribution in [0.5, 0.6) is 0 Å². The third-order valence-electron chi connectivity index (χ3n) is 4.24. The maximum absolute atomic E-state index is 12.2. The summed E-state index contributed by atoms with van der Waals surface area (Å²) in [5.41, 5.74) is 0. The van der Waals surface area contributed by atoms with E-state index in [1.54, 1.807) is 11.3 Å². The van der Waals surface area contributed by atoms with Crippen molar-refractivity contribution < 1.29 is 4.79 Å². The number of hydrogen-bond donors (Lipinski definition) is 2. The van der Waals surface area contributed by atoms with E-state index in [9.17, 15) is 4.79 Å². The Balaban J connectivity index is 1.51. The molecule has 0 unspecified atom stereocenters. The highest BCUT2D eigenvalue weighted by molar-refractivity contribution is 7.09. The molecule has 0 bridgehead atoms. The van der Waals surface area contributed by atoms with Gasteiger partial charge in [-0.3, -0.25) is 4.79 Å². The van der Waals surface area contributed by atoms with E-state index in [1.165, 1.54) is 4.88 Å². The van der Waals surface area contributed by atoms with E-state index in [0.717, 1.165) is 37.5 Å². The number of fused-ring (bicyclic) bond motifs is 1. The van der Waals surface area contributed by atoms with Crippen molar-refractivity contribution in [3.63, 3.8) is 0 Å². The molecule has 124 valence electrons. The predicted molar refractivity (Wildman–Crippen MR) is 90.3 cm³/mol. The van der Waals surface area contributed by atoms with Crippen LogP contribution in [0, 0.1) is 0 Å². The van der Waals surface area contributed by atoms with Crippen molar-refractivity contribution in [3.05, 3.63) is 34.0 Å². The van der Waals surface area contributed by atoms with Crippen LogP contribution in [-0.2, 0) is 30.7 Å². The normalized spacial score (nSPS) is 18.4. The van der Waals surface area contributed by atoms with Gasteiger partial charge in [0.05, 0.1) is 12.6 Å². The van der Waals surface area contributed by atoms with Gasteiger partial charge in [-0.15, -0.1) is 21.5 Å². The molecule has 2 N–H and O–H groups in total. The molecule has 2 aromatic rings. The van der Waals surface area contributed by atoms with Gasteiger partial charge < -0.3 is 15.2 Å². The van der Waals surface area contributed by atoms with Gasteiger partial charge in [0.2, 0.25) is 5.91 Å². The first kappa shape index (κ1) is 16.1. The monoisotopic (exact) mass is 333 g/mol. The Hall–Kier alpha value is -1.73. The van der Waals surface area contributed by atoms with Gasteiger partial charge >= 0.3 is 0 Å². The first-order valence-corrected chi connectivity index (χ1v) is 9.02. The van der Waals surface area contributed by atoms with Crippen molar-refractivity contribution in [1.82, 2.24) is 25.4 Å². The van der Waals surface area contributed by atoms with Crippen LogP contribution in [0.4, 0.5) is 0 Å². The van der Waals surface area contributed by atoms with Crippen LogP contribution in [0.15, 0.2) is 17.5 Å². The van der Waals surface area contributed by atoms with Crippen LogP contribution < -0.4 is 10.6 Å². The molecule has 0 saturated carbocycles. The van der Waals surface area contributed by atoms with E-state index in [-0.39, 0.29) is 18.0 Å². The van der Waals surface area contributed by atoms with E-state index in [0.29, 0.717) is 6.54 Å². The molecule has 2 atom stereocenters. The van der Waals surface area contributed by atoms with Gasteiger partial charge in [-0.2, -0.15) is 0 Å². The van der Waals surface area contributed by atoms with Gasteiger partial charge in [0.25, 0.3) is 0 Å². The van der Waals surface area contributed by atoms with Crippen molar-refractivity contribution in [2.45, 2.75) is 58.3 Å². The molecular formula is C16H23N5OS. The first-order valence-electron chi connectivity index (χ1n) is 8.14. The number of rotatable bonds is 6. The average Bonchev–Trinajstić information content (AvgIpc) is 3.21. The number of nitrogens with zero attached hydrogens (tertiary/aromatic N) is 3. The first-order chi connectivity index (χ1) is 11.2. The van der Waals surface area contributed by atoms with Gasteiger partial charge in [0, 0.05) is 30.3 Å². The lowest BCUT2D eigenvalue weighted by atomic mass is 10.1. The van der Waals surface area contributed by atoms with Crippen molar-refractivity contribution in [2.75, 3.05) is 0 Å². The summed E-state index contributed by atoms with van der Waals surface area (Å²) >= 11 is 1.66. The Morgan fingerprint density at radius 1 is 1.52 bits per heavy atom. The Bertz CT molecular complexity index is 638. The summed E-state index contributed by atoms with van der Waals surface area (Å²) in [4.78, 5) is 13.4. The van der Waals surface area contributed by atoms with Crippen molar-refractivity contribution >= 4 is 17.2 Å². The quantitative estimate of drug-likeness (QED) is 0.841. The molecule has 7 heteroatoms. The number of aryl methyl sites for hydroxylation is 2. The van der Waals surface area contributed by atoms with Crippen LogP contribution in [0.25, 0.3) is 0 Å². The SMILES string of the molecule is CCc1nnc2n1C[C@H](N[C@@H](C)C(=O)NCc1cccs1)CC2. The minimum absolute atomic E-state index is 0.0451. The zero-order valence-electron chi connectivity index (χ0n) is 13.6. The molecule has 1 amide bonds. The van der Waals surface area contributed by atoms with Crippen LogP contribution in [0.1, 0.15) is 36.8 Å². The maximum atomic E-state index is 12.2. The van der Waals surface area contributed by atoms with Gasteiger partial charge in [0.15, 0.2) is 0 Å². The van der Waals surface area contributed by atoms with E-state index >= 15 is 0 Å². The van der Waals surface area contributed by atoms with E-state index in [2.05, 4.69) is 32.3 Å². The van der Waals surface area contributed by atoms with E-state index in [4.69, 9.17) is 0 Å². The molecule has 0 saturated heterocycles. The standard InChI is InChI=1S/C16H23N5OS/c1-3-14-19-20-15-7-6-12(10-21(14)15)18-11(2)16(22)17-9-13-5-4-8-23-13/h4-5,8,11-12,18H,3,6-7,9-10H2,1-2H3,(H,17,22)/t11-,12+/m0/s1. The van der Waals surface area contributed by atoms with Crippen LogP contribution in [-0.4, -0.2) is 32.8 Å².